The lowest BCUT2D eigenvalue weighted by Crippen LogP contribution is -2.13. The van der Waals surface area contributed by atoms with Crippen LogP contribution in [0.2, 0.25) is 0 Å². The molecule has 1 aromatic rings. The van der Waals surface area contributed by atoms with Gasteiger partial charge in [0.15, 0.2) is 0 Å². The summed E-state index contributed by atoms with van der Waals surface area (Å²) in [5.41, 5.74) is 0.724. The minimum Gasteiger partial charge on any atom is -0.244 e. The normalized spacial score (nSPS) is 12.2. The number of rotatable bonds is 4. The van der Waals surface area contributed by atoms with Gasteiger partial charge in [0.2, 0.25) is 0 Å². The van der Waals surface area contributed by atoms with Crippen LogP contribution in [0.5, 0.6) is 0 Å². The average Bonchev–Trinajstić information content (AvgIpc) is 2.61. The van der Waals surface area contributed by atoms with Gasteiger partial charge in [0, 0.05) is 4.88 Å². The first-order valence-corrected chi connectivity index (χ1v) is 7.01. The van der Waals surface area contributed by atoms with E-state index in [1.807, 2.05) is 13.8 Å². The fourth-order valence-electron chi connectivity index (χ4n) is 1.66. The molecule has 0 amide bonds. The van der Waals surface area contributed by atoms with Crippen molar-refractivity contribution in [3.8, 4) is 6.07 Å². The highest BCUT2D eigenvalue weighted by molar-refractivity contribution is 7.12. The van der Waals surface area contributed by atoms with Crippen molar-refractivity contribution in [3.05, 3.63) is 15.6 Å². The van der Waals surface area contributed by atoms with Gasteiger partial charge in [-0.1, -0.05) is 27.7 Å². The molecule has 0 aliphatic carbocycles. The lowest BCUT2D eigenvalue weighted by Gasteiger charge is -2.10. The summed E-state index contributed by atoms with van der Waals surface area (Å²) in [5.74, 6) is 1.09. The van der Waals surface area contributed by atoms with Gasteiger partial charge in [-0.2, -0.15) is 5.26 Å². The molecule has 0 unspecified atom stereocenters. The molecule has 0 aromatic carbocycles. The van der Waals surface area contributed by atoms with Crippen LogP contribution in [0.25, 0.3) is 0 Å². The van der Waals surface area contributed by atoms with Crippen LogP contribution in [0.1, 0.15) is 63.0 Å². The zero-order valence-corrected chi connectivity index (χ0v) is 12.5. The Morgan fingerprint density at radius 3 is 2.29 bits per heavy atom. The second-order valence-electron chi connectivity index (χ2n) is 5.82. The average molecular weight is 250 g/mol. The van der Waals surface area contributed by atoms with Gasteiger partial charge < -0.3 is 0 Å². The van der Waals surface area contributed by atoms with E-state index < -0.39 is 5.41 Å². The van der Waals surface area contributed by atoms with E-state index in [2.05, 4.69) is 33.8 Å². The Bertz CT molecular complexity index is 422. The molecule has 17 heavy (non-hydrogen) atoms. The number of nitriles is 1. The summed E-state index contributed by atoms with van der Waals surface area (Å²) in [6, 6.07) is 2.34. The van der Waals surface area contributed by atoms with Gasteiger partial charge in [-0.3, -0.25) is 0 Å². The Kier molecular flexibility index (Phi) is 4.32. The molecule has 0 aliphatic rings. The Morgan fingerprint density at radius 2 is 1.88 bits per heavy atom. The summed E-state index contributed by atoms with van der Waals surface area (Å²) >= 11 is 1.71. The predicted molar refractivity (Wildman–Crippen MR) is 73.4 cm³/mol. The van der Waals surface area contributed by atoms with Gasteiger partial charge in [0.25, 0.3) is 0 Å². The molecule has 0 atom stereocenters. The van der Waals surface area contributed by atoms with Gasteiger partial charge in [0.05, 0.1) is 11.8 Å². The largest absolute Gasteiger partial charge is 0.244 e. The van der Waals surface area contributed by atoms with E-state index in [1.165, 1.54) is 10.6 Å². The summed E-state index contributed by atoms with van der Waals surface area (Å²) in [6.45, 7) is 12.7. The third-order valence-electron chi connectivity index (χ3n) is 2.67. The van der Waals surface area contributed by atoms with Crippen molar-refractivity contribution >= 4 is 11.3 Å². The van der Waals surface area contributed by atoms with Gasteiger partial charge in [-0.15, -0.1) is 11.3 Å². The summed E-state index contributed by atoms with van der Waals surface area (Å²) < 4.78 is 0. The molecule has 0 fully saturated rings. The maximum atomic E-state index is 9.18. The monoisotopic (exact) mass is 250 g/mol. The van der Waals surface area contributed by atoms with Crippen LogP contribution in [0.15, 0.2) is 0 Å². The second-order valence-corrected chi connectivity index (χ2v) is 6.85. The number of hydrogen-bond acceptors (Lipinski definition) is 3. The zero-order chi connectivity index (χ0) is 13.2. The van der Waals surface area contributed by atoms with Gasteiger partial charge in [-0.05, 0) is 32.1 Å². The van der Waals surface area contributed by atoms with E-state index >= 15 is 0 Å². The maximum absolute atomic E-state index is 9.18. The minimum absolute atomic E-state index is 0.469. The van der Waals surface area contributed by atoms with Crippen LogP contribution in [0.4, 0.5) is 0 Å². The van der Waals surface area contributed by atoms with Crippen LogP contribution in [0.3, 0.4) is 0 Å². The zero-order valence-electron chi connectivity index (χ0n) is 11.7. The molecule has 2 nitrogen and oxygen atoms in total. The molecule has 0 spiro atoms. The fraction of sp³-hybridized carbons (Fsp3) is 0.714. The van der Waals surface area contributed by atoms with E-state index in [1.54, 1.807) is 11.3 Å². The van der Waals surface area contributed by atoms with E-state index in [0.717, 1.165) is 11.4 Å². The van der Waals surface area contributed by atoms with Gasteiger partial charge in [0.1, 0.15) is 10.4 Å². The van der Waals surface area contributed by atoms with Crippen LogP contribution in [-0.2, 0) is 11.8 Å². The van der Waals surface area contributed by atoms with Crippen LogP contribution in [-0.4, -0.2) is 4.98 Å². The van der Waals surface area contributed by atoms with E-state index in [-0.39, 0.29) is 0 Å². The third kappa shape index (κ3) is 3.29. The van der Waals surface area contributed by atoms with E-state index in [0.29, 0.717) is 11.8 Å². The molecule has 3 heteroatoms. The number of thiazole rings is 1. The van der Waals surface area contributed by atoms with Crippen LogP contribution in [0, 0.1) is 17.2 Å². The quantitative estimate of drug-likeness (QED) is 0.800. The highest BCUT2D eigenvalue weighted by atomic mass is 32.1. The van der Waals surface area contributed by atoms with Crippen molar-refractivity contribution in [1.82, 2.24) is 4.98 Å². The molecule has 1 rings (SSSR count). The fourth-order valence-corrected chi connectivity index (χ4v) is 2.81. The predicted octanol–water partition coefficient (Wildman–Crippen LogP) is 4.27. The molecule has 94 valence electrons. The first-order valence-electron chi connectivity index (χ1n) is 6.19. The first kappa shape index (κ1) is 14.2. The van der Waals surface area contributed by atoms with Gasteiger partial charge in [-0.25, -0.2) is 4.98 Å². The number of nitrogens with zero attached hydrogens (tertiary/aromatic N) is 2. The maximum Gasteiger partial charge on any atom is 0.113 e. The second kappa shape index (κ2) is 5.18. The molecule has 1 aromatic heterocycles. The summed E-state index contributed by atoms with van der Waals surface area (Å²) in [7, 11) is 0. The third-order valence-corrected chi connectivity index (χ3v) is 4.39. The van der Waals surface area contributed by atoms with E-state index in [4.69, 9.17) is 4.98 Å². The van der Waals surface area contributed by atoms with Crippen molar-refractivity contribution in [2.75, 3.05) is 0 Å². The Balaban J connectivity index is 3.18. The summed E-state index contributed by atoms with van der Waals surface area (Å²) in [5, 5.41) is 10.1. The van der Waals surface area contributed by atoms with Crippen molar-refractivity contribution in [2.45, 2.75) is 59.3 Å². The summed E-state index contributed by atoms with van der Waals surface area (Å²) in [4.78, 5) is 6.05. The molecule has 0 saturated carbocycles. The van der Waals surface area contributed by atoms with Gasteiger partial charge >= 0.3 is 0 Å². The molecular formula is C14H22N2S. The molecular weight excluding hydrogens is 228 g/mol. The van der Waals surface area contributed by atoms with Crippen LogP contribution < -0.4 is 0 Å². The molecule has 1 heterocycles. The van der Waals surface area contributed by atoms with Crippen LogP contribution >= 0.6 is 11.3 Å². The first-order chi connectivity index (χ1) is 7.77. The van der Waals surface area contributed by atoms with Crippen molar-refractivity contribution in [1.29, 1.82) is 5.26 Å². The summed E-state index contributed by atoms with van der Waals surface area (Å²) in [6.07, 6.45) is 1.01. The molecule has 0 aliphatic heterocycles. The topological polar surface area (TPSA) is 36.7 Å². The highest BCUT2D eigenvalue weighted by Gasteiger charge is 2.27. The Labute approximate surface area is 109 Å². The minimum atomic E-state index is -0.469. The Morgan fingerprint density at radius 1 is 1.29 bits per heavy atom. The molecule has 0 N–H and O–H groups in total. The smallest absolute Gasteiger partial charge is 0.113 e. The molecule has 0 radical (unpaired) electrons. The lowest BCUT2D eigenvalue weighted by molar-refractivity contribution is 0.619. The Hall–Kier alpha value is -0.880. The number of aromatic nitrogens is 1. The highest BCUT2D eigenvalue weighted by Crippen LogP contribution is 2.34. The molecule has 0 bridgehead atoms. The van der Waals surface area contributed by atoms with Crippen molar-refractivity contribution < 1.29 is 0 Å². The van der Waals surface area contributed by atoms with E-state index in [9.17, 15) is 5.26 Å². The lowest BCUT2D eigenvalue weighted by atomic mass is 9.97. The van der Waals surface area contributed by atoms with Crippen molar-refractivity contribution in [3.63, 3.8) is 0 Å². The standard InChI is InChI=1S/C14H22N2S/c1-9(2)7-11-12(10(3)4)17-13(16-11)14(5,6)8-15/h9-10H,7H2,1-6H3. The van der Waals surface area contributed by atoms with Crippen molar-refractivity contribution in [2.24, 2.45) is 5.92 Å². The SMILES string of the molecule is CC(C)Cc1nc(C(C)(C)C#N)sc1C(C)C. The molecule has 0 saturated heterocycles. The number of hydrogen-bond donors (Lipinski definition) is 0.